The molecule has 0 saturated heterocycles. The van der Waals surface area contributed by atoms with E-state index in [9.17, 15) is 8.78 Å². The summed E-state index contributed by atoms with van der Waals surface area (Å²) in [7, 11) is 0. The Kier molecular flexibility index (Phi) is 1.39. The van der Waals surface area contributed by atoms with Crippen LogP contribution >= 0.6 is 0 Å². The molecule has 0 atom stereocenters. The van der Waals surface area contributed by atoms with E-state index in [1.54, 1.807) is 0 Å². The lowest BCUT2D eigenvalue weighted by molar-refractivity contribution is 0.590. The van der Waals surface area contributed by atoms with E-state index in [1.165, 1.54) is 0 Å². The van der Waals surface area contributed by atoms with Crippen molar-refractivity contribution in [2.75, 3.05) is 11.6 Å². The number of fused-ring (bicyclic) bond motifs is 1. The first-order valence-corrected chi connectivity index (χ1v) is 3.47. The van der Waals surface area contributed by atoms with Crippen molar-refractivity contribution in [2.45, 2.75) is 0 Å². The van der Waals surface area contributed by atoms with Crippen molar-refractivity contribution in [1.82, 2.24) is 9.66 Å². The molecule has 6 heteroatoms. The maximum atomic E-state index is 13.0. The Morgan fingerprint density at radius 2 is 2.00 bits per heavy atom. The highest BCUT2D eigenvalue weighted by molar-refractivity contribution is 5.79. The molecule has 0 unspecified atom stereocenters. The third kappa shape index (κ3) is 0.986. The van der Waals surface area contributed by atoms with Crippen LogP contribution < -0.4 is 11.6 Å². The number of hydrogen-bond acceptors (Lipinski definition) is 3. The standard InChI is InChI=1S/C7H6F2N4/c8-3-1-4(9)6-5(2-3)13(11)7(10)12-6/h1-2H,11H2,(H2,10,12). The summed E-state index contributed by atoms with van der Waals surface area (Å²) in [5.74, 6) is 3.83. The van der Waals surface area contributed by atoms with Crippen LogP contribution in [0.4, 0.5) is 14.7 Å². The number of nitrogens with zero attached hydrogens (tertiary/aromatic N) is 2. The van der Waals surface area contributed by atoms with Gasteiger partial charge in [-0.3, -0.25) is 0 Å². The minimum absolute atomic E-state index is 0.0265. The lowest BCUT2D eigenvalue weighted by atomic mass is 10.3. The van der Waals surface area contributed by atoms with Crippen LogP contribution in [0, 0.1) is 11.6 Å². The van der Waals surface area contributed by atoms with Crippen LogP contribution in [0.3, 0.4) is 0 Å². The fourth-order valence-corrected chi connectivity index (χ4v) is 1.14. The quantitative estimate of drug-likeness (QED) is 0.589. The Balaban J connectivity index is 2.94. The second-order valence-corrected chi connectivity index (χ2v) is 2.60. The molecule has 0 aliphatic heterocycles. The summed E-state index contributed by atoms with van der Waals surface area (Å²) in [6.07, 6.45) is 0. The first-order valence-electron chi connectivity index (χ1n) is 3.47. The molecule has 13 heavy (non-hydrogen) atoms. The second-order valence-electron chi connectivity index (χ2n) is 2.60. The molecular formula is C7H6F2N4. The number of nitrogen functional groups attached to an aromatic ring is 2. The highest BCUT2D eigenvalue weighted by Crippen LogP contribution is 2.19. The Morgan fingerprint density at radius 1 is 1.31 bits per heavy atom. The maximum Gasteiger partial charge on any atom is 0.220 e. The Morgan fingerprint density at radius 3 is 2.69 bits per heavy atom. The number of aromatic nitrogens is 2. The van der Waals surface area contributed by atoms with Gasteiger partial charge < -0.3 is 11.6 Å². The van der Waals surface area contributed by atoms with Crippen LogP contribution in [-0.2, 0) is 0 Å². The molecule has 0 aliphatic carbocycles. The van der Waals surface area contributed by atoms with Gasteiger partial charge in [0.05, 0.1) is 5.52 Å². The average Bonchev–Trinajstić information content (AvgIpc) is 2.32. The smallest absolute Gasteiger partial charge is 0.220 e. The molecule has 68 valence electrons. The SMILES string of the molecule is Nc1nc2c(F)cc(F)cc2n1N. The van der Waals surface area contributed by atoms with E-state index in [0.29, 0.717) is 0 Å². The van der Waals surface area contributed by atoms with E-state index >= 15 is 0 Å². The van der Waals surface area contributed by atoms with Gasteiger partial charge >= 0.3 is 0 Å². The molecule has 0 fully saturated rings. The molecule has 0 saturated carbocycles. The summed E-state index contributed by atoms with van der Waals surface area (Å²) >= 11 is 0. The minimum atomic E-state index is -0.772. The minimum Gasteiger partial charge on any atom is -0.368 e. The van der Waals surface area contributed by atoms with E-state index < -0.39 is 11.6 Å². The van der Waals surface area contributed by atoms with Crippen molar-refractivity contribution in [3.8, 4) is 0 Å². The van der Waals surface area contributed by atoms with Crippen molar-refractivity contribution < 1.29 is 8.78 Å². The number of halogens is 2. The second kappa shape index (κ2) is 2.32. The molecule has 1 aromatic carbocycles. The van der Waals surface area contributed by atoms with Crippen molar-refractivity contribution in [3.05, 3.63) is 23.8 Å². The van der Waals surface area contributed by atoms with E-state index in [1.807, 2.05) is 0 Å². The summed E-state index contributed by atoms with van der Waals surface area (Å²) < 4.78 is 26.7. The molecule has 0 spiro atoms. The summed E-state index contributed by atoms with van der Waals surface area (Å²) in [5.41, 5.74) is 5.42. The summed E-state index contributed by atoms with van der Waals surface area (Å²) in [6.45, 7) is 0. The molecule has 2 aromatic rings. The summed E-state index contributed by atoms with van der Waals surface area (Å²) in [6, 6.07) is 1.80. The van der Waals surface area contributed by atoms with Gasteiger partial charge in [0.25, 0.3) is 0 Å². The van der Waals surface area contributed by atoms with Gasteiger partial charge in [0.15, 0.2) is 5.82 Å². The lowest BCUT2D eigenvalue weighted by Crippen LogP contribution is -2.11. The monoisotopic (exact) mass is 184 g/mol. The van der Waals surface area contributed by atoms with Crippen molar-refractivity contribution in [3.63, 3.8) is 0 Å². The van der Waals surface area contributed by atoms with E-state index in [-0.39, 0.29) is 17.0 Å². The zero-order valence-electron chi connectivity index (χ0n) is 6.46. The number of nitrogens with two attached hydrogens (primary N) is 2. The van der Waals surface area contributed by atoms with Crippen LogP contribution in [0.15, 0.2) is 12.1 Å². The van der Waals surface area contributed by atoms with Gasteiger partial charge in [-0.2, -0.15) is 0 Å². The number of rotatable bonds is 0. The molecule has 0 bridgehead atoms. The van der Waals surface area contributed by atoms with Crippen molar-refractivity contribution in [1.29, 1.82) is 0 Å². The van der Waals surface area contributed by atoms with Crippen molar-refractivity contribution in [2.24, 2.45) is 0 Å². The number of hydrogen-bond donors (Lipinski definition) is 2. The van der Waals surface area contributed by atoms with Crippen LogP contribution in [0.1, 0.15) is 0 Å². The van der Waals surface area contributed by atoms with Gasteiger partial charge in [-0.15, -0.1) is 0 Å². The molecule has 0 radical (unpaired) electrons. The average molecular weight is 184 g/mol. The zero-order valence-corrected chi connectivity index (χ0v) is 6.46. The Bertz CT molecular complexity index is 477. The maximum absolute atomic E-state index is 13.0. The third-order valence-corrected chi connectivity index (χ3v) is 1.74. The predicted molar refractivity (Wildman–Crippen MR) is 44.2 cm³/mol. The number of benzene rings is 1. The normalized spacial score (nSPS) is 10.9. The van der Waals surface area contributed by atoms with Gasteiger partial charge in [-0.05, 0) is 0 Å². The lowest BCUT2D eigenvalue weighted by Gasteiger charge is -1.96. The van der Waals surface area contributed by atoms with Gasteiger partial charge in [0.2, 0.25) is 5.95 Å². The highest BCUT2D eigenvalue weighted by Gasteiger charge is 2.11. The summed E-state index contributed by atoms with van der Waals surface area (Å²) in [4.78, 5) is 3.63. The molecule has 4 nitrogen and oxygen atoms in total. The van der Waals surface area contributed by atoms with Gasteiger partial charge in [-0.25, -0.2) is 18.4 Å². The molecule has 2 rings (SSSR count). The number of imidazole rings is 1. The fraction of sp³-hybridized carbons (Fsp3) is 0. The van der Waals surface area contributed by atoms with Crippen LogP contribution in [0.25, 0.3) is 11.0 Å². The zero-order chi connectivity index (χ0) is 9.59. The van der Waals surface area contributed by atoms with Crippen LogP contribution in [0.5, 0.6) is 0 Å². The van der Waals surface area contributed by atoms with E-state index in [2.05, 4.69) is 4.98 Å². The highest BCUT2D eigenvalue weighted by atomic mass is 19.1. The van der Waals surface area contributed by atoms with Crippen molar-refractivity contribution >= 4 is 17.0 Å². The Hall–Kier alpha value is -1.85. The first kappa shape index (κ1) is 7.78. The Labute approximate surface area is 71.7 Å². The van der Waals surface area contributed by atoms with Gasteiger partial charge in [0, 0.05) is 12.1 Å². The molecule has 4 N–H and O–H groups in total. The van der Waals surface area contributed by atoms with Gasteiger partial charge in [-0.1, -0.05) is 0 Å². The van der Waals surface area contributed by atoms with Crippen LogP contribution in [-0.4, -0.2) is 9.66 Å². The molecular weight excluding hydrogens is 178 g/mol. The third-order valence-electron chi connectivity index (χ3n) is 1.74. The first-order chi connectivity index (χ1) is 6.09. The fourth-order valence-electron chi connectivity index (χ4n) is 1.14. The largest absolute Gasteiger partial charge is 0.368 e. The molecule has 0 amide bonds. The van der Waals surface area contributed by atoms with E-state index in [0.717, 1.165) is 16.8 Å². The number of anilines is 1. The van der Waals surface area contributed by atoms with E-state index in [4.69, 9.17) is 11.6 Å². The molecule has 1 aromatic heterocycles. The summed E-state index contributed by atoms with van der Waals surface area (Å²) in [5, 5.41) is 0. The topological polar surface area (TPSA) is 69.9 Å². The molecule has 0 aliphatic rings. The van der Waals surface area contributed by atoms with Crippen LogP contribution in [0.2, 0.25) is 0 Å². The van der Waals surface area contributed by atoms with Gasteiger partial charge in [0.1, 0.15) is 11.3 Å². The molecule has 1 heterocycles. The predicted octanol–water partition coefficient (Wildman–Crippen LogP) is 0.611.